The van der Waals surface area contributed by atoms with Crippen LogP contribution in [0.15, 0.2) is 49.0 Å². The van der Waals surface area contributed by atoms with Crippen LogP contribution in [0.5, 0.6) is 0 Å². The van der Waals surface area contributed by atoms with Gasteiger partial charge in [-0.05, 0) is 47.7 Å². The van der Waals surface area contributed by atoms with Crippen molar-refractivity contribution in [1.82, 2.24) is 0 Å². The van der Waals surface area contributed by atoms with Crippen LogP contribution in [-0.4, -0.2) is 0 Å². The standard InChI is InChI=1S/C17H17F/c1-4-14-6-5-12(2)11-17(14)13(3)15-7-9-16(18)10-8-15/h5-11H,3-4H2,1-2H3. The highest BCUT2D eigenvalue weighted by Crippen LogP contribution is 2.26. The first-order chi connectivity index (χ1) is 8.61. The zero-order chi connectivity index (χ0) is 13.1. The Morgan fingerprint density at radius 2 is 1.78 bits per heavy atom. The average molecular weight is 240 g/mol. The van der Waals surface area contributed by atoms with Crippen molar-refractivity contribution in [2.75, 3.05) is 0 Å². The molecule has 0 aromatic heterocycles. The third kappa shape index (κ3) is 2.51. The van der Waals surface area contributed by atoms with Crippen LogP contribution in [0.3, 0.4) is 0 Å². The highest BCUT2D eigenvalue weighted by Gasteiger charge is 2.07. The maximum absolute atomic E-state index is 12.9. The first-order valence-electron chi connectivity index (χ1n) is 6.16. The number of hydrogen-bond donors (Lipinski definition) is 0. The molecular weight excluding hydrogens is 223 g/mol. The van der Waals surface area contributed by atoms with Crippen molar-refractivity contribution in [3.8, 4) is 0 Å². The summed E-state index contributed by atoms with van der Waals surface area (Å²) < 4.78 is 12.9. The molecule has 0 spiro atoms. The van der Waals surface area contributed by atoms with Crippen LogP contribution in [0.4, 0.5) is 4.39 Å². The number of rotatable bonds is 3. The highest BCUT2D eigenvalue weighted by atomic mass is 19.1. The van der Waals surface area contributed by atoms with E-state index in [4.69, 9.17) is 0 Å². The van der Waals surface area contributed by atoms with E-state index < -0.39 is 0 Å². The van der Waals surface area contributed by atoms with Crippen molar-refractivity contribution in [3.05, 3.63) is 77.1 Å². The summed E-state index contributed by atoms with van der Waals surface area (Å²) in [6.07, 6.45) is 0.968. The van der Waals surface area contributed by atoms with E-state index in [1.807, 2.05) is 0 Å². The Morgan fingerprint density at radius 3 is 2.39 bits per heavy atom. The fourth-order valence-corrected chi connectivity index (χ4v) is 2.09. The van der Waals surface area contributed by atoms with E-state index in [2.05, 4.69) is 38.6 Å². The van der Waals surface area contributed by atoms with Gasteiger partial charge in [0.2, 0.25) is 0 Å². The Balaban J connectivity index is 2.45. The van der Waals surface area contributed by atoms with Crippen LogP contribution < -0.4 is 0 Å². The summed E-state index contributed by atoms with van der Waals surface area (Å²) in [6, 6.07) is 12.9. The van der Waals surface area contributed by atoms with Crippen molar-refractivity contribution in [2.45, 2.75) is 20.3 Å². The van der Waals surface area contributed by atoms with E-state index in [0.29, 0.717) is 0 Å². The smallest absolute Gasteiger partial charge is 0.123 e. The highest BCUT2D eigenvalue weighted by molar-refractivity contribution is 5.80. The Kier molecular flexibility index (Phi) is 3.61. The minimum Gasteiger partial charge on any atom is -0.207 e. The van der Waals surface area contributed by atoms with E-state index in [1.165, 1.54) is 23.3 Å². The maximum atomic E-state index is 12.9. The van der Waals surface area contributed by atoms with E-state index in [-0.39, 0.29) is 5.82 Å². The second-order valence-electron chi connectivity index (χ2n) is 4.50. The number of benzene rings is 2. The summed E-state index contributed by atoms with van der Waals surface area (Å²) in [7, 11) is 0. The molecule has 0 atom stereocenters. The SMILES string of the molecule is C=C(c1ccc(F)cc1)c1cc(C)ccc1CC. The van der Waals surface area contributed by atoms with Crippen molar-refractivity contribution in [3.63, 3.8) is 0 Å². The Morgan fingerprint density at radius 1 is 1.11 bits per heavy atom. The van der Waals surface area contributed by atoms with Crippen molar-refractivity contribution >= 4 is 5.57 Å². The lowest BCUT2D eigenvalue weighted by Gasteiger charge is -2.12. The van der Waals surface area contributed by atoms with Gasteiger partial charge in [0.25, 0.3) is 0 Å². The zero-order valence-corrected chi connectivity index (χ0v) is 10.8. The quantitative estimate of drug-likeness (QED) is 0.725. The largest absolute Gasteiger partial charge is 0.207 e. The number of hydrogen-bond acceptors (Lipinski definition) is 0. The van der Waals surface area contributed by atoms with Gasteiger partial charge in [0, 0.05) is 0 Å². The summed E-state index contributed by atoms with van der Waals surface area (Å²) in [4.78, 5) is 0. The second-order valence-corrected chi connectivity index (χ2v) is 4.50. The molecule has 0 aliphatic rings. The Labute approximate surface area is 108 Å². The molecule has 0 saturated heterocycles. The van der Waals surface area contributed by atoms with Crippen molar-refractivity contribution in [2.24, 2.45) is 0 Å². The van der Waals surface area contributed by atoms with Crippen LogP contribution >= 0.6 is 0 Å². The van der Waals surface area contributed by atoms with Crippen LogP contribution in [0, 0.1) is 12.7 Å². The minimum atomic E-state index is -0.216. The van der Waals surface area contributed by atoms with Gasteiger partial charge in [-0.2, -0.15) is 0 Å². The predicted octanol–water partition coefficient (Wildman–Crippen LogP) is 4.76. The van der Waals surface area contributed by atoms with Crippen LogP contribution in [0.25, 0.3) is 5.57 Å². The number of aryl methyl sites for hydroxylation is 2. The summed E-state index contributed by atoms with van der Waals surface area (Å²) in [5.41, 5.74) is 5.57. The second kappa shape index (κ2) is 5.18. The Bertz CT molecular complexity index is 565. The molecule has 0 saturated carbocycles. The molecule has 0 fully saturated rings. The molecule has 0 N–H and O–H groups in total. The van der Waals surface area contributed by atoms with Crippen LogP contribution in [0.1, 0.15) is 29.2 Å². The summed E-state index contributed by atoms with van der Waals surface area (Å²) in [5.74, 6) is -0.216. The van der Waals surface area contributed by atoms with Gasteiger partial charge >= 0.3 is 0 Å². The lowest BCUT2D eigenvalue weighted by Crippen LogP contribution is -1.94. The molecule has 18 heavy (non-hydrogen) atoms. The molecule has 0 amide bonds. The molecule has 0 aliphatic carbocycles. The van der Waals surface area contributed by atoms with Crippen molar-refractivity contribution < 1.29 is 4.39 Å². The first-order valence-corrected chi connectivity index (χ1v) is 6.16. The third-order valence-electron chi connectivity index (χ3n) is 3.16. The summed E-state index contributed by atoms with van der Waals surface area (Å²) in [5, 5.41) is 0. The molecule has 0 unspecified atom stereocenters. The molecule has 0 heterocycles. The van der Waals surface area contributed by atoms with E-state index >= 15 is 0 Å². The molecule has 92 valence electrons. The van der Waals surface area contributed by atoms with E-state index in [9.17, 15) is 4.39 Å². The summed E-state index contributed by atoms with van der Waals surface area (Å²) in [6.45, 7) is 8.35. The van der Waals surface area contributed by atoms with E-state index in [1.54, 1.807) is 12.1 Å². The van der Waals surface area contributed by atoms with Gasteiger partial charge in [-0.3, -0.25) is 0 Å². The molecule has 0 aliphatic heterocycles. The molecule has 2 rings (SSSR count). The van der Waals surface area contributed by atoms with Gasteiger partial charge in [-0.25, -0.2) is 4.39 Å². The monoisotopic (exact) mass is 240 g/mol. The number of halogens is 1. The average Bonchev–Trinajstić information content (AvgIpc) is 2.39. The minimum absolute atomic E-state index is 0.216. The van der Waals surface area contributed by atoms with Gasteiger partial charge in [-0.1, -0.05) is 49.4 Å². The molecular formula is C17H17F. The van der Waals surface area contributed by atoms with Crippen LogP contribution in [0.2, 0.25) is 0 Å². The maximum Gasteiger partial charge on any atom is 0.123 e. The first kappa shape index (κ1) is 12.6. The fraction of sp³-hybridized carbons (Fsp3) is 0.176. The summed E-state index contributed by atoms with van der Waals surface area (Å²) >= 11 is 0. The van der Waals surface area contributed by atoms with Gasteiger partial charge in [0.05, 0.1) is 0 Å². The predicted molar refractivity (Wildman–Crippen MR) is 75.1 cm³/mol. The van der Waals surface area contributed by atoms with Crippen LogP contribution in [-0.2, 0) is 6.42 Å². The molecule has 0 radical (unpaired) electrons. The van der Waals surface area contributed by atoms with E-state index in [0.717, 1.165) is 23.1 Å². The topological polar surface area (TPSA) is 0 Å². The molecule has 1 heteroatoms. The Hall–Kier alpha value is -1.89. The molecule has 0 nitrogen and oxygen atoms in total. The van der Waals surface area contributed by atoms with Gasteiger partial charge in [-0.15, -0.1) is 0 Å². The lowest BCUT2D eigenvalue weighted by molar-refractivity contribution is 0.627. The molecule has 2 aromatic rings. The van der Waals surface area contributed by atoms with Gasteiger partial charge in [0.15, 0.2) is 0 Å². The molecule has 0 bridgehead atoms. The fourth-order valence-electron chi connectivity index (χ4n) is 2.09. The molecule has 2 aromatic carbocycles. The zero-order valence-electron chi connectivity index (χ0n) is 10.8. The van der Waals surface area contributed by atoms with Crippen molar-refractivity contribution in [1.29, 1.82) is 0 Å². The van der Waals surface area contributed by atoms with Gasteiger partial charge in [0.1, 0.15) is 5.82 Å². The van der Waals surface area contributed by atoms with Gasteiger partial charge < -0.3 is 0 Å². The third-order valence-corrected chi connectivity index (χ3v) is 3.16. The normalized spacial score (nSPS) is 10.4. The lowest BCUT2D eigenvalue weighted by atomic mass is 9.93.